The molecule has 8 heteroatoms. The molecule has 1 fully saturated rings. The Morgan fingerprint density at radius 2 is 1.91 bits per heavy atom. The summed E-state index contributed by atoms with van der Waals surface area (Å²) >= 11 is 1.51. The molecule has 0 aliphatic carbocycles. The highest BCUT2D eigenvalue weighted by molar-refractivity contribution is 7.07. The maximum Gasteiger partial charge on any atom is 0.257 e. The van der Waals surface area contributed by atoms with Crippen molar-refractivity contribution in [2.75, 3.05) is 33.3 Å². The maximum atomic E-state index is 13.2. The third-order valence-electron chi connectivity index (χ3n) is 5.50. The van der Waals surface area contributed by atoms with Crippen LogP contribution in [0.15, 0.2) is 59.4 Å². The number of benzene rings is 2. The average molecular weight is 449 g/mol. The third-order valence-corrected chi connectivity index (χ3v) is 6.13. The Morgan fingerprint density at radius 1 is 1.16 bits per heavy atom. The van der Waals surface area contributed by atoms with Crippen molar-refractivity contribution >= 4 is 17.2 Å². The van der Waals surface area contributed by atoms with Crippen LogP contribution < -0.4 is 9.47 Å². The Hall–Kier alpha value is -3.41. The van der Waals surface area contributed by atoms with Gasteiger partial charge in [0.1, 0.15) is 24.1 Å². The minimum Gasteiger partial charge on any atom is -0.497 e. The van der Waals surface area contributed by atoms with Gasteiger partial charge in [-0.15, -0.1) is 11.3 Å². The second kappa shape index (κ2) is 10.3. The molecule has 4 rings (SSSR count). The van der Waals surface area contributed by atoms with E-state index in [1.807, 2.05) is 52.7 Å². The summed E-state index contributed by atoms with van der Waals surface area (Å²) in [5, 5.41) is 11.7. The SMILES string of the molecule is COc1ccc(C(C#N)N2CCN(C(=O)c3ccccc3OCc3cscn3)CC2)cc1. The minimum atomic E-state index is -0.355. The van der Waals surface area contributed by atoms with Gasteiger partial charge in [0.2, 0.25) is 0 Å². The van der Waals surface area contributed by atoms with Crippen molar-refractivity contribution in [1.29, 1.82) is 5.26 Å². The largest absolute Gasteiger partial charge is 0.497 e. The van der Waals surface area contributed by atoms with Crippen LogP contribution in [0, 0.1) is 11.3 Å². The number of carbonyl (C=O) groups excluding carboxylic acids is 1. The van der Waals surface area contributed by atoms with Gasteiger partial charge in [0, 0.05) is 31.6 Å². The van der Waals surface area contributed by atoms with Gasteiger partial charge in [-0.1, -0.05) is 24.3 Å². The highest BCUT2D eigenvalue weighted by Gasteiger charge is 2.28. The molecule has 1 aromatic heterocycles. The van der Waals surface area contributed by atoms with Gasteiger partial charge in [-0.05, 0) is 29.8 Å². The van der Waals surface area contributed by atoms with Gasteiger partial charge in [-0.25, -0.2) is 4.98 Å². The van der Waals surface area contributed by atoms with E-state index in [2.05, 4.69) is 16.0 Å². The molecule has 0 radical (unpaired) electrons. The van der Waals surface area contributed by atoms with E-state index < -0.39 is 0 Å². The van der Waals surface area contributed by atoms with Crippen molar-refractivity contribution in [3.8, 4) is 17.6 Å². The van der Waals surface area contributed by atoms with Gasteiger partial charge in [-0.3, -0.25) is 9.69 Å². The molecule has 0 bridgehead atoms. The Balaban J connectivity index is 1.39. The summed E-state index contributed by atoms with van der Waals surface area (Å²) in [5.41, 5.74) is 4.07. The first-order valence-corrected chi connectivity index (χ1v) is 11.3. The van der Waals surface area contributed by atoms with Gasteiger partial charge in [0.05, 0.1) is 29.9 Å². The van der Waals surface area contributed by atoms with Gasteiger partial charge < -0.3 is 14.4 Å². The van der Waals surface area contributed by atoms with Crippen LogP contribution in [0.2, 0.25) is 0 Å². The van der Waals surface area contributed by atoms with Crippen LogP contribution >= 0.6 is 11.3 Å². The number of ether oxygens (including phenoxy) is 2. The van der Waals surface area contributed by atoms with E-state index >= 15 is 0 Å². The van der Waals surface area contributed by atoms with Crippen LogP contribution in [0.25, 0.3) is 0 Å². The molecule has 164 valence electrons. The zero-order chi connectivity index (χ0) is 22.3. The fraction of sp³-hybridized carbons (Fsp3) is 0.292. The predicted octanol–water partition coefficient (Wildman–Crippen LogP) is 3.75. The van der Waals surface area contributed by atoms with Crippen LogP contribution in [0.3, 0.4) is 0 Å². The maximum absolute atomic E-state index is 13.2. The van der Waals surface area contributed by atoms with Gasteiger partial charge in [-0.2, -0.15) is 5.26 Å². The summed E-state index contributed by atoms with van der Waals surface area (Å²) < 4.78 is 11.1. The molecule has 0 spiro atoms. The summed E-state index contributed by atoms with van der Waals surface area (Å²) in [6.45, 7) is 2.67. The second-order valence-electron chi connectivity index (χ2n) is 7.40. The summed E-state index contributed by atoms with van der Waals surface area (Å²) in [6, 6.07) is 16.9. The zero-order valence-electron chi connectivity index (χ0n) is 17.8. The molecule has 1 amide bonds. The van der Waals surface area contributed by atoms with Crippen LogP contribution in [-0.2, 0) is 6.61 Å². The zero-order valence-corrected chi connectivity index (χ0v) is 18.6. The van der Waals surface area contributed by atoms with Crippen LogP contribution in [0.5, 0.6) is 11.5 Å². The number of nitrogens with zero attached hydrogens (tertiary/aromatic N) is 4. The summed E-state index contributed by atoms with van der Waals surface area (Å²) in [6.07, 6.45) is 0. The number of rotatable bonds is 7. The molecule has 0 N–H and O–H groups in total. The number of methoxy groups -OCH3 is 1. The number of thiazole rings is 1. The molecule has 1 atom stereocenters. The van der Waals surface area contributed by atoms with Crippen molar-refractivity contribution < 1.29 is 14.3 Å². The van der Waals surface area contributed by atoms with Gasteiger partial charge in [0.15, 0.2) is 0 Å². The third kappa shape index (κ3) is 4.90. The highest BCUT2D eigenvalue weighted by atomic mass is 32.1. The molecule has 3 aromatic rings. The summed E-state index contributed by atoms with van der Waals surface area (Å²) in [4.78, 5) is 21.4. The lowest BCUT2D eigenvalue weighted by molar-refractivity contribution is 0.0602. The lowest BCUT2D eigenvalue weighted by atomic mass is 10.0. The van der Waals surface area contributed by atoms with E-state index in [0.29, 0.717) is 44.1 Å². The molecule has 2 aromatic carbocycles. The summed E-state index contributed by atoms with van der Waals surface area (Å²) in [7, 11) is 1.62. The number of aromatic nitrogens is 1. The lowest BCUT2D eigenvalue weighted by Crippen LogP contribution is -2.49. The fourth-order valence-corrected chi connectivity index (χ4v) is 4.28. The van der Waals surface area contributed by atoms with Crippen molar-refractivity contribution in [2.24, 2.45) is 0 Å². The smallest absolute Gasteiger partial charge is 0.257 e. The number of hydrogen-bond acceptors (Lipinski definition) is 7. The van der Waals surface area contributed by atoms with Gasteiger partial charge >= 0.3 is 0 Å². The molecule has 2 heterocycles. The Kier molecular flexibility index (Phi) is 7.00. The molecule has 7 nitrogen and oxygen atoms in total. The average Bonchev–Trinajstić information content (AvgIpc) is 3.38. The van der Waals surface area contributed by atoms with E-state index in [0.717, 1.165) is 17.0 Å². The number of amides is 1. The van der Waals surface area contributed by atoms with E-state index in [1.165, 1.54) is 11.3 Å². The number of hydrogen-bond donors (Lipinski definition) is 0. The first-order chi connectivity index (χ1) is 15.7. The van der Waals surface area contributed by atoms with Crippen molar-refractivity contribution in [2.45, 2.75) is 12.6 Å². The summed E-state index contributed by atoms with van der Waals surface area (Å²) in [5.74, 6) is 1.26. The quantitative estimate of drug-likeness (QED) is 0.548. The molecule has 32 heavy (non-hydrogen) atoms. The van der Waals surface area contributed by atoms with Crippen molar-refractivity contribution in [3.05, 3.63) is 76.2 Å². The van der Waals surface area contributed by atoms with E-state index in [4.69, 9.17) is 9.47 Å². The normalized spacial score (nSPS) is 15.1. The van der Waals surface area contributed by atoms with Crippen LogP contribution in [0.4, 0.5) is 0 Å². The van der Waals surface area contributed by atoms with E-state index in [9.17, 15) is 10.1 Å². The topological polar surface area (TPSA) is 78.7 Å². The molecule has 1 unspecified atom stereocenters. The Labute approximate surface area is 191 Å². The molecule has 0 saturated carbocycles. The van der Waals surface area contributed by atoms with Crippen LogP contribution in [-0.4, -0.2) is 54.0 Å². The van der Waals surface area contributed by atoms with Crippen LogP contribution in [0.1, 0.15) is 27.7 Å². The molecule has 1 aliphatic heterocycles. The fourth-order valence-electron chi connectivity index (χ4n) is 3.74. The highest BCUT2D eigenvalue weighted by Crippen LogP contribution is 2.26. The molecular formula is C24H24N4O3S. The first-order valence-electron chi connectivity index (χ1n) is 10.4. The second-order valence-corrected chi connectivity index (χ2v) is 8.12. The number of nitriles is 1. The number of piperazine rings is 1. The monoisotopic (exact) mass is 448 g/mol. The van der Waals surface area contributed by atoms with Crippen molar-refractivity contribution in [1.82, 2.24) is 14.8 Å². The predicted molar refractivity (Wildman–Crippen MR) is 122 cm³/mol. The first kappa shape index (κ1) is 21.8. The standard InChI is InChI=1S/C24H24N4O3S/c1-30-20-8-6-18(7-9-20)22(14-25)27-10-12-28(13-11-27)24(29)21-4-2-3-5-23(21)31-15-19-16-32-17-26-19/h2-9,16-17,22H,10-13,15H2,1H3. The number of carbonyl (C=O) groups is 1. The molecule has 1 saturated heterocycles. The minimum absolute atomic E-state index is 0.0588. The van der Waals surface area contributed by atoms with Gasteiger partial charge in [0.25, 0.3) is 5.91 Å². The molecular weight excluding hydrogens is 424 g/mol. The Bertz CT molecular complexity index is 1070. The molecule has 1 aliphatic rings. The van der Waals surface area contributed by atoms with Crippen molar-refractivity contribution in [3.63, 3.8) is 0 Å². The number of para-hydroxylation sites is 1. The Morgan fingerprint density at radius 3 is 2.56 bits per heavy atom. The van der Waals surface area contributed by atoms with E-state index in [1.54, 1.807) is 18.7 Å². The lowest BCUT2D eigenvalue weighted by Gasteiger charge is -2.37. The van der Waals surface area contributed by atoms with E-state index in [-0.39, 0.29) is 11.9 Å².